The molecule has 0 amide bonds. The van der Waals surface area contributed by atoms with E-state index < -0.39 is 0 Å². The summed E-state index contributed by atoms with van der Waals surface area (Å²) in [6.45, 7) is 7.72. The van der Waals surface area contributed by atoms with Gasteiger partial charge in [-0.15, -0.1) is 11.3 Å². The van der Waals surface area contributed by atoms with Gasteiger partial charge in [0.2, 0.25) is 0 Å². The Hall–Kier alpha value is -1.68. The van der Waals surface area contributed by atoms with Crippen molar-refractivity contribution >= 4 is 22.7 Å². The molecule has 0 unspecified atom stereocenters. The number of nitrogen functional groups attached to an aromatic ring is 1. The Bertz CT molecular complexity index is 544. The molecule has 0 radical (unpaired) electrons. The van der Waals surface area contributed by atoms with E-state index in [4.69, 9.17) is 10.5 Å². The van der Waals surface area contributed by atoms with Crippen LogP contribution in [0.5, 0.6) is 5.75 Å². The first-order valence-electron chi connectivity index (χ1n) is 6.41. The summed E-state index contributed by atoms with van der Waals surface area (Å²) < 4.78 is 5.49. The molecule has 3 N–H and O–H groups in total. The molecule has 2 rings (SSSR count). The van der Waals surface area contributed by atoms with Gasteiger partial charge in [0.05, 0.1) is 6.61 Å². The summed E-state index contributed by atoms with van der Waals surface area (Å²) in [7, 11) is 0. The van der Waals surface area contributed by atoms with E-state index >= 15 is 0 Å². The van der Waals surface area contributed by atoms with Crippen molar-refractivity contribution < 1.29 is 4.74 Å². The van der Waals surface area contributed by atoms with Crippen molar-refractivity contribution in [3.05, 3.63) is 39.6 Å². The molecule has 0 spiro atoms. The highest BCUT2D eigenvalue weighted by Crippen LogP contribution is 2.25. The molecule has 0 atom stereocenters. The normalized spacial score (nSPS) is 10.5. The summed E-state index contributed by atoms with van der Waals surface area (Å²) in [5.41, 5.74) is 8.93. The van der Waals surface area contributed by atoms with Crippen molar-refractivity contribution in [2.75, 3.05) is 17.7 Å². The van der Waals surface area contributed by atoms with Crippen LogP contribution in [-0.2, 0) is 6.54 Å². The zero-order chi connectivity index (χ0) is 13.8. The molecule has 0 aliphatic heterocycles. The second-order valence-electron chi connectivity index (χ2n) is 4.53. The number of anilines is 2. The molecule has 2 aromatic rings. The first kappa shape index (κ1) is 13.7. The van der Waals surface area contributed by atoms with E-state index in [0.29, 0.717) is 12.3 Å². The van der Waals surface area contributed by atoms with Crippen LogP contribution in [0.25, 0.3) is 0 Å². The third kappa shape index (κ3) is 3.64. The lowest BCUT2D eigenvalue weighted by Gasteiger charge is -2.09. The van der Waals surface area contributed by atoms with Gasteiger partial charge >= 0.3 is 0 Å². The summed E-state index contributed by atoms with van der Waals surface area (Å²) in [5.74, 6) is 0.809. The van der Waals surface area contributed by atoms with Gasteiger partial charge in [-0.2, -0.15) is 0 Å². The zero-order valence-electron chi connectivity index (χ0n) is 11.6. The second-order valence-corrected chi connectivity index (χ2v) is 5.87. The summed E-state index contributed by atoms with van der Waals surface area (Å²) in [6, 6.07) is 7.97. The molecule has 3 nitrogen and oxygen atoms in total. The number of nitrogens with one attached hydrogen (secondary N) is 1. The molecule has 1 heterocycles. The van der Waals surface area contributed by atoms with Crippen LogP contribution in [0.15, 0.2) is 24.3 Å². The van der Waals surface area contributed by atoms with Gasteiger partial charge < -0.3 is 15.8 Å². The number of thiophene rings is 1. The van der Waals surface area contributed by atoms with E-state index in [1.165, 1.54) is 15.3 Å². The lowest BCUT2D eigenvalue weighted by molar-refractivity contribution is 0.340. The van der Waals surface area contributed by atoms with Crippen LogP contribution in [0.2, 0.25) is 0 Å². The van der Waals surface area contributed by atoms with Crippen molar-refractivity contribution in [1.82, 2.24) is 0 Å². The van der Waals surface area contributed by atoms with Crippen LogP contribution in [0, 0.1) is 13.8 Å². The molecule has 0 saturated carbocycles. The largest absolute Gasteiger partial charge is 0.494 e. The van der Waals surface area contributed by atoms with Gasteiger partial charge in [0, 0.05) is 39.8 Å². The van der Waals surface area contributed by atoms with Gasteiger partial charge in [-0.1, -0.05) is 0 Å². The predicted octanol–water partition coefficient (Wildman–Crippen LogP) is 3.96. The molecule has 0 bridgehead atoms. The highest BCUT2D eigenvalue weighted by atomic mass is 32.1. The third-order valence-electron chi connectivity index (χ3n) is 2.92. The minimum absolute atomic E-state index is 0.645. The molecular formula is C15H20N2OS. The van der Waals surface area contributed by atoms with E-state index in [0.717, 1.165) is 18.0 Å². The molecule has 0 aliphatic rings. The van der Waals surface area contributed by atoms with Crippen molar-refractivity contribution in [3.63, 3.8) is 0 Å². The molecule has 0 saturated heterocycles. The third-order valence-corrected chi connectivity index (χ3v) is 4.08. The highest BCUT2D eigenvalue weighted by Gasteiger charge is 2.03. The summed E-state index contributed by atoms with van der Waals surface area (Å²) in [5, 5.41) is 3.39. The topological polar surface area (TPSA) is 47.3 Å². The monoisotopic (exact) mass is 276 g/mol. The van der Waals surface area contributed by atoms with Gasteiger partial charge in [-0.25, -0.2) is 0 Å². The lowest BCUT2D eigenvalue weighted by Crippen LogP contribution is -2.00. The number of nitrogens with two attached hydrogens (primary N) is 1. The maximum atomic E-state index is 5.87. The molecule has 19 heavy (non-hydrogen) atoms. The van der Waals surface area contributed by atoms with Crippen molar-refractivity contribution in [3.8, 4) is 5.75 Å². The fourth-order valence-corrected chi connectivity index (χ4v) is 2.89. The summed E-state index contributed by atoms with van der Waals surface area (Å²) in [6.07, 6.45) is 0. The van der Waals surface area contributed by atoms with Crippen LogP contribution >= 0.6 is 11.3 Å². The Kier molecular flexibility index (Phi) is 4.32. The fraction of sp³-hybridized carbons (Fsp3) is 0.333. The number of benzene rings is 1. The van der Waals surface area contributed by atoms with E-state index in [9.17, 15) is 0 Å². The first-order valence-corrected chi connectivity index (χ1v) is 7.23. The quantitative estimate of drug-likeness (QED) is 0.813. The SMILES string of the molecule is CCOc1cc(N)cc(NCc2cc(C)c(C)s2)c1. The van der Waals surface area contributed by atoms with E-state index in [1.807, 2.05) is 36.5 Å². The molecule has 1 aromatic carbocycles. The number of ether oxygens (including phenoxy) is 1. The average molecular weight is 276 g/mol. The van der Waals surface area contributed by atoms with Crippen LogP contribution < -0.4 is 15.8 Å². The maximum absolute atomic E-state index is 5.87. The van der Waals surface area contributed by atoms with E-state index in [2.05, 4.69) is 25.2 Å². The van der Waals surface area contributed by atoms with Crippen molar-refractivity contribution in [2.24, 2.45) is 0 Å². The highest BCUT2D eigenvalue weighted by molar-refractivity contribution is 7.12. The Morgan fingerprint density at radius 2 is 2.00 bits per heavy atom. The molecule has 4 heteroatoms. The van der Waals surface area contributed by atoms with Crippen molar-refractivity contribution in [2.45, 2.75) is 27.3 Å². The average Bonchev–Trinajstić information content (AvgIpc) is 2.66. The Balaban J connectivity index is 2.06. The van der Waals surface area contributed by atoms with Gasteiger partial charge in [0.1, 0.15) is 5.75 Å². The fourth-order valence-electron chi connectivity index (χ4n) is 1.90. The predicted molar refractivity (Wildman–Crippen MR) is 83.1 cm³/mol. The van der Waals surface area contributed by atoms with E-state index in [-0.39, 0.29) is 0 Å². The number of hydrogen-bond acceptors (Lipinski definition) is 4. The lowest BCUT2D eigenvalue weighted by atomic mass is 10.2. The Labute approximate surface area is 118 Å². The van der Waals surface area contributed by atoms with Crippen LogP contribution in [0.4, 0.5) is 11.4 Å². The summed E-state index contributed by atoms with van der Waals surface area (Å²) >= 11 is 1.83. The minimum atomic E-state index is 0.645. The van der Waals surface area contributed by atoms with Gasteiger partial charge in [-0.05, 0) is 38.5 Å². The van der Waals surface area contributed by atoms with Crippen LogP contribution in [0.1, 0.15) is 22.2 Å². The van der Waals surface area contributed by atoms with E-state index in [1.54, 1.807) is 0 Å². The molecule has 1 aromatic heterocycles. The molecular weight excluding hydrogens is 256 g/mol. The standard InChI is InChI=1S/C15H20N2OS/c1-4-18-14-7-12(16)6-13(8-14)17-9-15-5-10(2)11(3)19-15/h5-8,17H,4,9,16H2,1-3H3. The van der Waals surface area contributed by atoms with Crippen LogP contribution in [-0.4, -0.2) is 6.61 Å². The maximum Gasteiger partial charge on any atom is 0.123 e. The molecule has 102 valence electrons. The van der Waals surface area contributed by atoms with Crippen LogP contribution in [0.3, 0.4) is 0 Å². The smallest absolute Gasteiger partial charge is 0.123 e. The Morgan fingerprint density at radius 1 is 1.21 bits per heavy atom. The molecule has 0 fully saturated rings. The van der Waals surface area contributed by atoms with Gasteiger partial charge in [0.25, 0.3) is 0 Å². The molecule has 0 aliphatic carbocycles. The zero-order valence-corrected chi connectivity index (χ0v) is 12.4. The van der Waals surface area contributed by atoms with Gasteiger partial charge in [0.15, 0.2) is 0 Å². The van der Waals surface area contributed by atoms with Gasteiger partial charge in [-0.3, -0.25) is 0 Å². The van der Waals surface area contributed by atoms with Crippen molar-refractivity contribution in [1.29, 1.82) is 0 Å². The minimum Gasteiger partial charge on any atom is -0.494 e. The Morgan fingerprint density at radius 3 is 2.63 bits per heavy atom. The first-order chi connectivity index (χ1) is 9.08. The number of aryl methyl sites for hydroxylation is 2. The second kappa shape index (κ2) is 5.97. The number of hydrogen-bond donors (Lipinski definition) is 2. The summed E-state index contributed by atoms with van der Waals surface area (Å²) in [4.78, 5) is 2.70. The number of rotatable bonds is 5.